The molecule has 1 unspecified atom stereocenters. The van der Waals surface area contributed by atoms with Crippen LogP contribution in [-0.2, 0) is 20.9 Å². The van der Waals surface area contributed by atoms with Crippen molar-refractivity contribution in [1.82, 2.24) is 15.0 Å². The number of nitrogens with zero attached hydrogens (tertiary/aromatic N) is 3. The third kappa shape index (κ3) is 10.8. The molecule has 2 N–H and O–H groups in total. The Morgan fingerprint density at radius 1 is 1.12 bits per heavy atom. The Labute approximate surface area is 229 Å². The SMILES string of the molecule is Cc1cc(CN2CCC3(CC2)OCCC3CCOc2ncccc2F)no1.O=C(O)C(F)(F)F.O=C(O)C(F)(F)F. The normalized spacial score (nSPS) is 18.6. The van der Waals surface area contributed by atoms with Gasteiger partial charge in [0.25, 0.3) is 0 Å². The fourth-order valence-electron chi connectivity index (χ4n) is 4.33. The highest BCUT2D eigenvalue weighted by Crippen LogP contribution is 2.42. The van der Waals surface area contributed by atoms with Crippen molar-refractivity contribution in [2.24, 2.45) is 5.92 Å². The predicted octanol–water partition coefficient (Wildman–Crippen LogP) is 4.62. The number of aryl methyl sites for hydroxylation is 1. The number of aliphatic carboxylic acids is 2. The Hall–Kier alpha value is -3.47. The van der Waals surface area contributed by atoms with Gasteiger partial charge >= 0.3 is 24.3 Å². The molecule has 41 heavy (non-hydrogen) atoms. The van der Waals surface area contributed by atoms with E-state index in [2.05, 4.69) is 15.0 Å². The van der Waals surface area contributed by atoms with E-state index in [1.165, 1.54) is 6.07 Å². The van der Waals surface area contributed by atoms with Gasteiger partial charge < -0.3 is 24.2 Å². The molecule has 2 aromatic heterocycles. The molecule has 2 saturated heterocycles. The molecule has 2 fully saturated rings. The average molecular weight is 603 g/mol. The number of alkyl halides is 6. The molecule has 0 amide bonds. The quantitative estimate of drug-likeness (QED) is 0.450. The highest BCUT2D eigenvalue weighted by Gasteiger charge is 2.46. The second kappa shape index (κ2) is 14.4. The highest BCUT2D eigenvalue weighted by atomic mass is 19.4. The van der Waals surface area contributed by atoms with Crippen LogP contribution in [0.2, 0.25) is 0 Å². The molecule has 2 aliphatic rings. The first kappa shape index (κ1) is 33.7. The van der Waals surface area contributed by atoms with Crippen LogP contribution in [-0.4, -0.2) is 81.4 Å². The Morgan fingerprint density at radius 2 is 1.71 bits per heavy atom. The summed E-state index contributed by atoms with van der Waals surface area (Å²) in [4.78, 5) is 24.1. The smallest absolute Gasteiger partial charge is 0.476 e. The van der Waals surface area contributed by atoms with Gasteiger partial charge in [0.05, 0.1) is 17.9 Å². The maximum atomic E-state index is 13.6. The van der Waals surface area contributed by atoms with E-state index in [9.17, 15) is 30.7 Å². The van der Waals surface area contributed by atoms with Crippen molar-refractivity contribution >= 4 is 11.9 Å². The molecule has 0 aliphatic carbocycles. The van der Waals surface area contributed by atoms with Gasteiger partial charge in [0.2, 0.25) is 5.88 Å². The zero-order valence-corrected chi connectivity index (χ0v) is 21.7. The van der Waals surface area contributed by atoms with Crippen molar-refractivity contribution in [2.75, 3.05) is 26.3 Å². The minimum Gasteiger partial charge on any atom is -0.476 e. The molecule has 230 valence electrons. The number of rotatable bonds is 6. The van der Waals surface area contributed by atoms with Crippen LogP contribution in [0, 0.1) is 18.7 Å². The van der Waals surface area contributed by atoms with E-state index in [1.54, 1.807) is 12.3 Å². The number of aromatic nitrogens is 2. The first-order valence-electron chi connectivity index (χ1n) is 12.2. The van der Waals surface area contributed by atoms with Crippen LogP contribution in [0.1, 0.15) is 37.1 Å². The largest absolute Gasteiger partial charge is 0.490 e. The lowest BCUT2D eigenvalue weighted by Crippen LogP contribution is -2.47. The number of ether oxygens (including phenoxy) is 2. The second-order valence-corrected chi connectivity index (χ2v) is 9.14. The van der Waals surface area contributed by atoms with Crippen molar-refractivity contribution in [1.29, 1.82) is 0 Å². The van der Waals surface area contributed by atoms with Crippen LogP contribution in [0.3, 0.4) is 0 Å². The van der Waals surface area contributed by atoms with Crippen molar-refractivity contribution in [3.8, 4) is 5.88 Å². The van der Waals surface area contributed by atoms with Crippen molar-refractivity contribution < 1.29 is 64.5 Å². The molecule has 1 atom stereocenters. The summed E-state index contributed by atoms with van der Waals surface area (Å²) in [5.41, 5.74) is 0.917. The van der Waals surface area contributed by atoms with Crippen LogP contribution in [0.5, 0.6) is 5.88 Å². The summed E-state index contributed by atoms with van der Waals surface area (Å²) in [6.07, 6.45) is -4.71. The summed E-state index contributed by atoms with van der Waals surface area (Å²) in [6, 6.07) is 4.93. The lowest BCUT2D eigenvalue weighted by molar-refractivity contribution is -0.193. The zero-order chi connectivity index (χ0) is 30.8. The standard InChI is InChI=1S/C20H26FN3O3.2C2HF3O2/c1-15-13-17(23-27-15)14-24-9-6-20(7-10-24)16(5-12-26-20)4-11-25-19-18(21)3-2-8-22-19;2*3-2(4,5)1(6)7/h2-3,8,13,16H,4-7,9-12,14H2,1H3;2*(H,6,7). The molecule has 0 bridgehead atoms. The number of carboxylic acid groups (broad SMARTS) is 2. The number of halogens is 7. The summed E-state index contributed by atoms with van der Waals surface area (Å²) in [5.74, 6) is -4.54. The highest BCUT2D eigenvalue weighted by molar-refractivity contribution is 5.73. The molecule has 10 nitrogen and oxygen atoms in total. The number of carbonyl (C=O) groups is 2. The maximum Gasteiger partial charge on any atom is 0.490 e. The van der Waals surface area contributed by atoms with Crippen molar-refractivity contribution in [3.05, 3.63) is 41.7 Å². The molecule has 17 heteroatoms. The van der Waals surface area contributed by atoms with Gasteiger partial charge in [-0.25, -0.2) is 19.0 Å². The van der Waals surface area contributed by atoms with E-state index in [-0.39, 0.29) is 11.5 Å². The molecule has 1 spiro atoms. The molecule has 4 rings (SSSR count). The fraction of sp³-hybridized carbons (Fsp3) is 0.583. The Kier molecular flexibility index (Phi) is 11.9. The Morgan fingerprint density at radius 3 is 2.20 bits per heavy atom. The average Bonchev–Trinajstić information content (AvgIpc) is 3.47. The second-order valence-electron chi connectivity index (χ2n) is 9.14. The topological polar surface area (TPSA) is 135 Å². The minimum atomic E-state index is -5.08. The van der Waals surface area contributed by atoms with Crippen LogP contribution >= 0.6 is 0 Å². The van der Waals surface area contributed by atoms with Gasteiger partial charge in [-0.2, -0.15) is 26.3 Å². The Bertz CT molecular complexity index is 1110. The molecule has 2 aromatic rings. The van der Waals surface area contributed by atoms with Gasteiger partial charge in [0.15, 0.2) is 5.82 Å². The zero-order valence-electron chi connectivity index (χ0n) is 21.7. The van der Waals surface area contributed by atoms with Gasteiger partial charge in [-0.05, 0) is 50.7 Å². The van der Waals surface area contributed by atoms with E-state index in [4.69, 9.17) is 33.8 Å². The van der Waals surface area contributed by atoms with Crippen LogP contribution in [0.25, 0.3) is 0 Å². The van der Waals surface area contributed by atoms with E-state index in [0.717, 1.165) is 63.4 Å². The first-order valence-corrected chi connectivity index (χ1v) is 12.2. The summed E-state index contributed by atoms with van der Waals surface area (Å²) in [5, 5.41) is 18.3. The van der Waals surface area contributed by atoms with E-state index in [1.807, 2.05) is 13.0 Å². The maximum absolute atomic E-state index is 13.6. The molecule has 0 aromatic carbocycles. The molecule has 2 aliphatic heterocycles. The third-order valence-corrected chi connectivity index (χ3v) is 6.28. The number of hydrogen-bond donors (Lipinski definition) is 2. The van der Waals surface area contributed by atoms with Gasteiger partial charge in [-0.1, -0.05) is 5.16 Å². The van der Waals surface area contributed by atoms with Crippen LogP contribution in [0.15, 0.2) is 28.9 Å². The number of likely N-dealkylation sites (tertiary alicyclic amines) is 1. The number of carboxylic acids is 2. The van der Waals surface area contributed by atoms with E-state index >= 15 is 0 Å². The summed E-state index contributed by atoms with van der Waals surface area (Å²) >= 11 is 0. The fourth-order valence-corrected chi connectivity index (χ4v) is 4.33. The molecular formula is C24H28F7N3O7. The van der Waals surface area contributed by atoms with Gasteiger partial charge in [0, 0.05) is 38.5 Å². The third-order valence-electron chi connectivity index (χ3n) is 6.28. The summed E-state index contributed by atoms with van der Waals surface area (Å²) in [6.45, 7) is 5.96. The number of pyridine rings is 1. The molecule has 4 heterocycles. The van der Waals surface area contributed by atoms with Crippen LogP contribution in [0.4, 0.5) is 30.7 Å². The number of piperidine rings is 1. The van der Waals surface area contributed by atoms with E-state index < -0.39 is 30.1 Å². The Balaban J connectivity index is 0.000000349. The molecule has 0 saturated carbocycles. The van der Waals surface area contributed by atoms with Gasteiger partial charge in [-0.15, -0.1) is 0 Å². The molecular weight excluding hydrogens is 575 g/mol. The van der Waals surface area contributed by atoms with Crippen molar-refractivity contribution in [2.45, 2.75) is 57.1 Å². The lowest BCUT2D eigenvalue weighted by Gasteiger charge is -2.42. The number of hydrogen-bond acceptors (Lipinski definition) is 8. The van der Waals surface area contributed by atoms with Crippen molar-refractivity contribution in [3.63, 3.8) is 0 Å². The first-order chi connectivity index (χ1) is 19.0. The van der Waals surface area contributed by atoms with Crippen LogP contribution < -0.4 is 4.74 Å². The van der Waals surface area contributed by atoms with Gasteiger partial charge in [0.1, 0.15) is 5.76 Å². The summed E-state index contributed by atoms with van der Waals surface area (Å²) in [7, 11) is 0. The van der Waals surface area contributed by atoms with E-state index in [0.29, 0.717) is 12.5 Å². The summed E-state index contributed by atoms with van der Waals surface area (Å²) < 4.78 is 94.0. The monoisotopic (exact) mass is 603 g/mol. The minimum absolute atomic E-state index is 0.0672. The molecule has 0 radical (unpaired) electrons. The van der Waals surface area contributed by atoms with Gasteiger partial charge in [-0.3, -0.25) is 4.90 Å². The predicted molar refractivity (Wildman–Crippen MR) is 124 cm³/mol. The lowest BCUT2D eigenvalue weighted by atomic mass is 9.78.